The van der Waals surface area contributed by atoms with Gasteiger partial charge in [0.2, 0.25) is 11.8 Å². The number of fused-ring (bicyclic) bond motifs is 1. The van der Waals surface area contributed by atoms with Gasteiger partial charge in [0.15, 0.2) is 18.2 Å². The summed E-state index contributed by atoms with van der Waals surface area (Å²) in [7, 11) is 0. The van der Waals surface area contributed by atoms with E-state index in [4.69, 9.17) is 4.74 Å². The molecular weight excluding hydrogens is 377 g/mol. The van der Waals surface area contributed by atoms with Crippen LogP contribution in [0.1, 0.15) is 30.5 Å². The molecule has 2 N–H and O–H groups in total. The van der Waals surface area contributed by atoms with E-state index in [1.807, 2.05) is 30.3 Å². The Bertz CT molecular complexity index is 960. The van der Waals surface area contributed by atoms with Crippen molar-refractivity contribution in [3.63, 3.8) is 0 Å². The normalized spacial score (nSPS) is 14.7. The first-order valence-electron chi connectivity index (χ1n) is 8.96. The van der Waals surface area contributed by atoms with Crippen molar-refractivity contribution in [1.82, 2.24) is 15.8 Å². The molecule has 0 radical (unpaired) electrons. The average Bonchev–Trinajstić information content (AvgIpc) is 2.71. The molecule has 150 valence electrons. The van der Waals surface area contributed by atoms with Gasteiger partial charge in [0.25, 0.3) is 5.91 Å². The van der Waals surface area contributed by atoms with Gasteiger partial charge in [-0.25, -0.2) is 4.39 Å². The van der Waals surface area contributed by atoms with E-state index in [2.05, 4.69) is 10.9 Å². The summed E-state index contributed by atoms with van der Waals surface area (Å²) in [6.45, 7) is 0.959. The maximum atomic E-state index is 13.5. The fourth-order valence-corrected chi connectivity index (χ4v) is 3.02. The molecule has 1 aliphatic heterocycles. The number of amides is 3. The number of hydrogen-bond acceptors (Lipinski definition) is 4. The van der Waals surface area contributed by atoms with Crippen LogP contribution in [0.3, 0.4) is 0 Å². The number of nitrogens with zero attached hydrogens (tertiary/aromatic N) is 1. The second-order valence-corrected chi connectivity index (χ2v) is 6.41. The molecule has 3 amide bonds. The van der Waals surface area contributed by atoms with Gasteiger partial charge in [-0.3, -0.25) is 25.2 Å². The van der Waals surface area contributed by atoms with Crippen molar-refractivity contribution in [1.29, 1.82) is 0 Å². The summed E-state index contributed by atoms with van der Waals surface area (Å²) in [6, 6.07) is 12.7. The van der Waals surface area contributed by atoms with Crippen LogP contribution in [0.5, 0.6) is 5.75 Å². The van der Waals surface area contributed by atoms with Crippen molar-refractivity contribution < 1.29 is 23.5 Å². The standard InChI is InChI=1S/C21H20FN3O4/c1-14(26)25-11-10-15-6-2-3-7-16(15)18(25)12-20(27)23-24-21(28)13-29-19-9-5-4-8-17(19)22/h2-11,18H,12-13H2,1H3,(H,23,27)(H,24,28)/t18-/m1/s1. The smallest absolute Gasteiger partial charge is 0.276 e. The Hall–Kier alpha value is -3.68. The summed E-state index contributed by atoms with van der Waals surface area (Å²) in [4.78, 5) is 37.6. The van der Waals surface area contributed by atoms with Crippen molar-refractivity contribution in [3.05, 3.63) is 71.7 Å². The third kappa shape index (κ3) is 4.98. The number of nitrogens with one attached hydrogen (secondary N) is 2. The van der Waals surface area contributed by atoms with E-state index in [-0.39, 0.29) is 18.1 Å². The molecule has 0 saturated heterocycles. The Morgan fingerprint density at radius 2 is 1.72 bits per heavy atom. The average molecular weight is 397 g/mol. The molecule has 0 saturated carbocycles. The van der Waals surface area contributed by atoms with Gasteiger partial charge < -0.3 is 9.64 Å². The lowest BCUT2D eigenvalue weighted by Crippen LogP contribution is -2.45. The minimum absolute atomic E-state index is 0.0462. The second-order valence-electron chi connectivity index (χ2n) is 6.41. The first kappa shape index (κ1) is 20.1. The highest BCUT2D eigenvalue weighted by atomic mass is 19.1. The third-order valence-electron chi connectivity index (χ3n) is 4.38. The topological polar surface area (TPSA) is 87.7 Å². The minimum Gasteiger partial charge on any atom is -0.481 e. The van der Waals surface area contributed by atoms with Gasteiger partial charge in [-0.1, -0.05) is 36.4 Å². The van der Waals surface area contributed by atoms with E-state index < -0.39 is 30.3 Å². The highest BCUT2D eigenvalue weighted by molar-refractivity contribution is 5.84. The van der Waals surface area contributed by atoms with Crippen LogP contribution in [-0.4, -0.2) is 29.2 Å². The van der Waals surface area contributed by atoms with Crippen LogP contribution in [0.4, 0.5) is 4.39 Å². The van der Waals surface area contributed by atoms with Crippen LogP contribution in [0, 0.1) is 5.82 Å². The monoisotopic (exact) mass is 397 g/mol. The van der Waals surface area contributed by atoms with Crippen LogP contribution in [0.15, 0.2) is 54.7 Å². The van der Waals surface area contributed by atoms with E-state index in [0.29, 0.717) is 0 Å². The van der Waals surface area contributed by atoms with Crippen molar-refractivity contribution in [2.24, 2.45) is 0 Å². The third-order valence-corrected chi connectivity index (χ3v) is 4.38. The lowest BCUT2D eigenvalue weighted by atomic mass is 9.93. The quantitative estimate of drug-likeness (QED) is 0.758. The summed E-state index contributed by atoms with van der Waals surface area (Å²) >= 11 is 0. The molecule has 3 rings (SSSR count). The van der Waals surface area contributed by atoms with Gasteiger partial charge in [-0.05, 0) is 29.3 Å². The number of hydrazine groups is 1. The number of ether oxygens (including phenoxy) is 1. The zero-order valence-corrected chi connectivity index (χ0v) is 15.7. The van der Waals surface area contributed by atoms with Crippen molar-refractivity contribution in [3.8, 4) is 5.75 Å². The zero-order chi connectivity index (χ0) is 20.8. The van der Waals surface area contributed by atoms with Crippen molar-refractivity contribution in [2.45, 2.75) is 19.4 Å². The van der Waals surface area contributed by atoms with Crippen LogP contribution >= 0.6 is 0 Å². The van der Waals surface area contributed by atoms with Gasteiger partial charge in [0, 0.05) is 13.1 Å². The molecule has 0 aliphatic carbocycles. The summed E-state index contributed by atoms with van der Waals surface area (Å²) in [5.41, 5.74) is 6.28. The van der Waals surface area contributed by atoms with Crippen LogP contribution < -0.4 is 15.6 Å². The number of halogens is 1. The van der Waals surface area contributed by atoms with E-state index >= 15 is 0 Å². The predicted octanol–water partition coefficient (Wildman–Crippen LogP) is 2.32. The van der Waals surface area contributed by atoms with Gasteiger partial charge in [-0.15, -0.1) is 0 Å². The molecule has 1 aliphatic rings. The molecule has 8 heteroatoms. The molecule has 1 atom stereocenters. The Morgan fingerprint density at radius 3 is 2.48 bits per heavy atom. The summed E-state index contributed by atoms with van der Waals surface area (Å²) < 4.78 is 18.5. The zero-order valence-electron chi connectivity index (χ0n) is 15.7. The Morgan fingerprint density at radius 1 is 1.03 bits per heavy atom. The molecule has 1 heterocycles. The summed E-state index contributed by atoms with van der Waals surface area (Å²) in [6.07, 6.45) is 3.41. The fraction of sp³-hybridized carbons (Fsp3) is 0.190. The molecule has 7 nitrogen and oxygen atoms in total. The molecule has 0 fully saturated rings. The molecule has 2 aromatic rings. The summed E-state index contributed by atoms with van der Waals surface area (Å²) in [5.74, 6) is -1.97. The molecule has 0 spiro atoms. The van der Waals surface area contributed by atoms with Crippen LogP contribution in [0.2, 0.25) is 0 Å². The van der Waals surface area contributed by atoms with Gasteiger partial charge in [-0.2, -0.15) is 0 Å². The molecule has 0 aromatic heterocycles. The fourth-order valence-electron chi connectivity index (χ4n) is 3.02. The Labute approximate surface area is 167 Å². The highest BCUT2D eigenvalue weighted by Gasteiger charge is 2.28. The predicted molar refractivity (Wildman–Crippen MR) is 104 cm³/mol. The molecule has 2 aromatic carbocycles. The summed E-state index contributed by atoms with van der Waals surface area (Å²) in [5, 5.41) is 0. The number of benzene rings is 2. The van der Waals surface area contributed by atoms with Crippen LogP contribution in [-0.2, 0) is 14.4 Å². The number of carbonyl (C=O) groups is 3. The van der Waals surface area contributed by atoms with Gasteiger partial charge in [0.1, 0.15) is 0 Å². The second kappa shape index (κ2) is 9.01. The van der Waals surface area contributed by atoms with Crippen molar-refractivity contribution in [2.75, 3.05) is 6.61 Å². The van der Waals surface area contributed by atoms with E-state index in [1.54, 1.807) is 12.3 Å². The Kier molecular flexibility index (Phi) is 6.23. The van der Waals surface area contributed by atoms with E-state index in [0.717, 1.165) is 11.1 Å². The molecule has 0 bridgehead atoms. The maximum absolute atomic E-state index is 13.5. The lowest BCUT2D eigenvalue weighted by molar-refractivity contribution is -0.132. The number of rotatable bonds is 5. The van der Waals surface area contributed by atoms with E-state index in [1.165, 1.54) is 30.0 Å². The first-order chi connectivity index (χ1) is 14.0. The largest absolute Gasteiger partial charge is 0.481 e. The van der Waals surface area contributed by atoms with E-state index in [9.17, 15) is 18.8 Å². The maximum Gasteiger partial charge on any atom is 0.276 e. The number of carbonyl (C=O) groups excluding carboxylic acids is 3. The lowest BCUT2D eigenvalue weighted by Gasteiger charge is -2.32. The number of para-hydroxylation sites is 1. The molecular formula is C21H20FN3O4. The first-order valence-corrected chi connectivity index (χ1v) is 8.96. The minimum atomic E-state index is -0.644. The van der Waals surface area contributed by atoms with Gasteiger partial charge >= 0.3 is 0 Å². The van der Waals surface area contributed by atoms with Gasteiger partial charge in [0.05, 0.1) is 12.5 Å². The molecule has 29 heavy (non-hydrogen) atoms. The molecule has 0 unspecified atom stereocenters. The highest BCUT2D eigenvalue weighted by Crippen LogP contribution is 2.32. The van der Waals surface area contributed by atoms with Crippen LogP contribution in [0.25, 0.3) is 6.08 Å². The number of hydrogen-bond donors (Lipinski definition) is 2. The van der Waals surface area contributed by atoms with Crippen molar-refractivity contribution >= 4 is 23.8 Å². The Balaban J connectivity index is 1.55. The SMILES string of the molecule is CC(=O)N1C=Cc2ccccc2[C@H]1CC(=O)NNC(=O)COc1ccccc1F.